The summed E-state index contributed by atoms with van der Waals surface area (Å²) in [6.45, 7) is 5.98. The molecule has 2 heterocycles. The molecule has 21 heavy (non-hydrogen) atoms. The third-order valence-electron chi connectivity index (χ3n) is 4.24. The average molecular weight is 291 g/mol. The van der Waals surface area contributed by atoms with Crippen molar-refractivity contribution in [2.24, 2.45) is 0 Å². The van der Waals surface area contributed by atoms with E-state index < -0.39 is 5.60 Å². The molecule has 0 unspecified atom stereocenters. The molecule has 3 rings (SSSR count). The Morgan fingerprint density at radius 1 is 1.38 bits per heavy atom. The minimum atomic E-state index is -0.792. The number of β-amino-alcohol motifs (C(OH)–C–C–N with tert-alkyl or cyclic N) is 1. The maximum Gasteiger partial charge on any atom is 0.113 e. The lowest BCUT2D eigenvalue weighted by atomic mass is 10.1. The molecule has 5 nitrogen and oxygen atoms in total. The zero-order valence-electron chi connectivity index (χ0n) is 12.5. The van der Waals surface area contributed by atoms with Crippen LogP contribution in [0.1, 0.15) is 5.56 Å². The second-order valence-electron chi connectivity index (χ2n) is 6.00. The molecule has 0 aromatic heterocycles. The number of hydrogen-bond donors (Lipinski definition) is 3. The summed E-state index contributed by atoms with van der Waals surface area (Å²) in [7, 11) is 0. The lowest BCUT2D eigenvalue weighted by molar-refractivity contribution is -0.0260. The number of rotatable bonds is 5. The highest BCUT2D eigenvalue weighted by Crippen LogP contribution is 2.26. The molecule has 0 bridgehead atoms. The number of ether oxygens (including phenoxy) is 1. The minimum Gasteiger partial charge on any atom is -0.385 e. The van der Waals surface area contributed by atoms with Gasteiger partial charge in [-0.3, -0.25) is 0 Å². The number of aliphatic hydroxyl groups is 1. The molecule has 0 amide bonds. The van der Waals surface area contributed by atoms with E-state index in [0.717, 1.165) is 32.6 Å². The summed E-state index contributed by atoms with van der Waals surface area (Å²) in [5.74, 6) is 0. The van der Waals surface area contributed by atoms with Crippen molar-refractivity contribution in [3.05, 3.63) is 29.8 Å². The highest BCUT2D eigenvalue weighted by molar-refractivity contribution is 5.57. The largest absolute Gasteiger partial charge is 0.385 e. The van der Waals surface area contributed by atoms with Gasteiger partial charge in [0.1, 0.15) is 5.60 Å². The molecule has 116 valence electrons. The van der Waals surface area contributed by atoms with Gasteiger partial charge in [0.25, 0.3) is 0 Å². The van der Waals surface area contributed by atoms with Gasteiger partial charge < -0.3 is 25.4 Å². The van der Waals surface area contributed by atoms with Crippen LogP contribution in [0.25, 0.3) is 0 Å². The molecule has 1 fully saturated rings. The van der Waals surface area contributed by atoms with Crippen LogP contribution >= 0.6 is 0 Å². The zero-order chi connectivity index (χ0) is 14.5. The smallest absolute Gasteiger partial charge is 0.113 e. The number of nitrogens with zero attached hydrogens (tertiary/aromatic N) is 1. The van der Waals surface area contributed by atoms with Crippen molar-refractivity contribution in [2.45, 2.75) is 12.0 Å². The first-order valence-electron chi connectivity index (χ1n) is 7.81. The lowest BCUT2D eigenvalue weighted by Gasteiger charge is -2.27. The Kier molecular flexibility index (Phi) is 4.75. The fraction of sp³-hybridized carbons (Fsp3) is 0.625. The highest BCUT2D eigenvalue weighted by atomic mass is 16.5. The summed E-state index contributed by atoms with van der Waals surface area (Å²) < 4.78 is 5.42. The van der Waals surface area contributed by atoms with E-state index in [9.17, 15) is 5.11 Å². The van der Waals surface area contributed by atoms with E-state index >= 15 is 0 Å². The Labute approximate surface area is 126 Å². The Bertz CT molecular complexity index is 459. The van der Waals surface area contributed by atoms with E-state index in [1.807, 2.05) is 0 Å². The van der Waals surface area contributed by atoms with Crippen molar-refractivity contribution in [3.8, 4) is 0 Å². The van der Waals surface area contributed by atoms with Crippen molar-refractivity contribution in [2.75, 3.05) is 57.4 Å². The van der Waals surface area contributed by atoms with Crippen LogP contribution in [0.4, 0.5) is 5.69 Å². The number of hydrogen-bond acceptors (Lipinski definition) is 5. The predicted octanol–water partition coefficient (Wildman–Crippen LogP) is -0.0104. The van der Waals surface area contributed by atoms with E-state index in [4.69, 9.17) is 4.74 Å². The van der Waals surface area contributed by atoms with E-state index in [1.165, 1.54) is 11.3 Å². The first-order valence-corrected chi connectivity index (χ1v) is 7.81. The van der Waals surface area contributed by atoms with Gasteiger partial charge in [0, 0.05) is 45.0 Å². The maximum atomic E-state index is 10.4. The van der Waals surface area contributed by atoms with Crippen LogP contribution in [-0.4, -0.2) is 63.2 Å². The van der Waals surface area contributed by atoms with Crippen molar-refractivity contribution < 1.29 is 9.84 Å². The SMILES string of the molecule is O[C@]1(CNCCN2CCc3ccccc32)CNCCOC1. The molecule has 1 atom stereocenters. The van der Waals surface area contributed by atoms with Gasteiger partial charge in [-0.15, -0.1) is 0 Å². The van der Waals surface area contributed by atoms with Gasteiger partial charge in [-0.1, -0.05) is 18.2 Å². The van der Waals surface area contributed by atoms with E-state index in [-0.39, 0.29) is 0 Å². The maximum absolute atomic E-state index is 10.4. The Balaban J connectivity index is 1.43. The average Bonchev–Trinajstić information content (AvgIpc) is 2.78. The van der Waals surface area contributed by atoms with Crippen LogP contribution in [0.3, 0.4) is 0 Å². The van der Waals surface area contributed by atoms with Crippen LogP contribution in [0.2, 0.25) is 0 Å². The molecule has 0 aliphatic carbocycles. The first-order chi connectivity index (χ1) is 10.3. The van der Waals surface area contributed by atoms with Crippen LogP contribution < -0.4 is 15.5 Å². The van der Waals surface area contributed by atoms with Gasteiger partial charge in [-0.25, -0.2) is 0 Å². The third-order valence-corrected chi connectivity index (χ3v) is 4.24. The standard InChI is InChI=1S/C16H25N3O2/c20-16(12-18-7-10-21-13-16)11-17-6-9-19-8-5-14-3-1-2-4-15(14)19/h1-4,17-18,20H,5-13H2/t16-/m1/s1. The van der Waals surface area contributed by atoms with Gasteiger partial charge in [0.2, 0.25) is 0 Å². The lowest BCUT2D eigenvalue weighted by Crippen LogP contribution is -2.51. The summed E-state index contributed by atoms with van der Waals surface area (Å²) in [6.07, 6.45) is 1.14. The molecule has 1 aromatic rings. The Hall–Kier alpha value is -1.14. The van der Waals surface area contributed by atoms with Gasteiger partial charge in [-0.2, -0.15) is 0 Å². The molecular weight excluding hydrogens is 266 g/mol. The Morgan fingerprint density at radius 3 is 3.24 bits per heavy atom. The van der Waals surface area contributed by atoms with E-state index in [1.54, 1.807) is 0 Å². The van der Waals surface area contributed by atoms with Crippen LogP contribution in [-0.2, 0) is 11.2 Å². The van der Waals surface area contributed by atoms with Gasteiger partial charge in [-0.05, 0) is 18.1 Å². The second-order valence-corrected chi connectivity index (χ2v) is 6.00. The summed E-state index contributed by atoms with van der Waals surface area (Å²) in [6, 6.07) is 8.61. The molecule has 5 heteroatoms. The second kappa shape index (κ2) is 6.75. The summed E-state index contributed by atoms with van der Waals surface area (Å²) in [5, 5.41) is 17.0. The summed E-state index contributed by atoms with van der Waals surface area (Å²) in [5.41, 5.74) is 2.01. The fourth-order valence-corrected chi connectivity index (χ4v) is 3.07. The van der Waals surface area contributed by atoms with Gasteiger partial charge >= 0.3 is 0 Å². The zero-order valence-corrected chi connectivity index (χ0v) is 12.5. The molecule has 2 aliphatic rings. The fourth-order valence-electron chi connectivity index (χ4n) is 3.07. The molecule has 1 saturated heterocycles. The molecule has 0 spiro atoms. The minimum absolute atomic E-state index is 0.402. The number of fused-ring (bicyclic) bond motifs is 1. The monoisotopic (exact) mass is 291 g/mol. The molecule has 2 aliphatic heterocycles. The molecular formula is C16H25N3O2. The van der Waals surface area contributed by atoms with Crippen LogP contribution in [0, 0.1) is 0 Å². The molecule has 0 saturated carbocycles. The summed E-state index contributed by atoms with van der Waals surface area (Å²) in [4.78, 5) is 2.41. The van der Waals surface area contributed by atoms with Crippen molar-refractivity contribution in [1.82, 2.24) is 10.6 Å². The number of nitrogens with one attached hydrogen (secondary N) is 2. The van der Waals surface area contributed by atoms with Gasteiger partial charge in [0.05, 0.1) is 13.2 Å². The quantitative estimate of drug-likeness (QED) is 0.666. The number of anilines is 1. The topological polar surface area (TPSA) is 56.8 Å². The van der Waals surface area contributed by atoms with Crippen LogP contribution in [0.5, 0.6) is 0 Å². The number of benzene rings is 1. The van der Waals surface area contributed by atoms with Crippen LogP contribution in [0.15, 0.2) is 24.3 Å². The summed E-state index contributed by atoms with van der Waals surface area (Å²) >= 11 is 0. The van der Waals surface area contributed by atoms with Crippen molar-refractivity contribution in [3.63, 3.8) is 0 Å². The van der Waals surface area contributed by atoms with E-state index in [2.05, 4.69) is 39.8 Å². The predicted molar refractivity (Wildman–Crippen MR) is 83.9 cm³/mol. The van der Waals surface area contributed by atoms with E-state index in [0.29, 0.717) is 26.3 Å². The third kappa shape index (κ3) is 3.74. The molecule has 1 aromatic carbocycles. The highest BCUT2D eigenvalue weighted by Gasteiger charge is 2.28. The normalized spacial score (nSPS) is 25.7. The first kappa shape index (κ1) is 14.8. The molecule has 0 radical (unpaired) electrons. The number of para-hydroxylation sites is 1. The van der Waals surface area contributed by atoms with Gasteiger partial charge in [0.15, 0.2) is 0 Å². The Morgan fingerprint density at radius 2 is 2.29 bits per heavy atom. The van der Waals surface area contributed by atoms with Crippen molar-refractivity contribution >= 4 is 5.69 Å². The molecule has 3 N–H and O–H groups in total. The van der Waals surface area contributed by atoms with Crippen molar-refractivity contribution in [1.29, 1.82) is 0 Å².